The van der Waals surface area contributed by atoms with E-state index in [2.05, 4.69) is 4.98 Å². The number of nitrogens with zero attached hydrogens (tertiary/aromatic N) is 1. The van der Waals surface area contributed by atoms with Crippen molar-refractivity contribution in [2.24, 2.45) is 0 Å². The quantitative estimate of drug-likeness (QED) is 0.806. The molecule has 2 aromatic rings. The fourth-order valence-electron chi connectivity index (χ4n) is 1.26. The van der Waals surface area contributed by atoms with Gasteiger partial charge in [-0.1, -0.05) is 13.8 Å². The summed E-state index contributed by atoms with van der Waals surface area (Å²) in [4.78, 5) is 25.5. The van der Waals surface area contributed by atoms with Gasteiger partial charge in [-0.2, -0.15) is 0 Å². The van der Waals surface area contributed by atoms with E-state index in [4.69, 9.17) is 0 Å². The smallest absolute Gasteiger partial charge is 0.306 e. The lowest BCUT2D eigenvalue weighted by Gasteiger charge is -1.98. The topological polar surface area (TPSA) is 54.9 Å². The maximum atomic E-state index is 11.6. The van der Waals surface area contributed by atoms with Crippen LogP contribution < -0.4 is 11.2 Å². The van der Waals surface area contributed by atoms with Crippen LogP contribution in [-0.4, -0.2) is 9.55 Å². The second-order valence-corrected chi connectivity index (χ2v) is 3.56. The SMILES string of the molecule is CC.CCn1c(=O)[nH]c2ccsc2c1=O. The average molecular weight is 226 g/mol. The molecule has 0 aliphatic carbocycles. The Kier molecular flexibility index (Phi) is 3.85. The third-order valence-corrected chi connectivity index (χ3v) is 2.81. The van der Waals surface area contributed by atoms with Crippen LogP contribution in [0.5, 0.6) is 0 Å². The molecule has 0 saturated heterocycles. The number of hydrogen-bond acceptors (Lipinski definition) is 3. The molecule has 0 unspecified atom stereocenters. The third kappa shape index (κ3) is 2.02. The summed E-state index contributed by atoms with van der Waals surface area (Å²) < 4.78 is 1.81. The standard InChI is InChI=1S/C8H8N2O2S.C2H6/c1-2-10-7(11)6-5(3-4-13-6)9-8(10)12;1-2/h3-4H,2H2,1H3,(H,9,12);1-2H3. The van der Waals surface area contributed by atoms with E-state index in [1.54, 1.807) is 18.4 Å². The van der Waals surface area contributed by atoms with Crippen molar-refractivity contribution >= 4 is 21.6 Å². The van der Waals surface area contributed by atoms with E-state index in [0.29, 0.717) is 16.8 Å². The Hall–Kier alpha value is -1.36. The number of hydrogen-bond donors (Lipinski definition) is 1. The van der Waals surface area contributed by atoms with Gasteiger partial charge < -0.3 is 4.98 Å². The molecule has 82 valence electrons. The van der Waals surface area contributed by atoms with E-state index in [1.165, 1.54) is 15.9 Å². The van der Waals surface area contributed by atoms with Gasteiger partial charge in [-0.15, -0.1) is 11.3 Å². The van der Waals surface area contributed by atoms with E-state index >= 15 is 0 Å². The van der Waals surface area contributed by atoms with Gasteiger partial charge >= 0.3 is 5.69 Å². The Labute approximate surface area is 91.2 Å². The van der Waals surface area contributed by atoms with Crippen LogP contribution in [0.3, 0.4) is 0 Å². The molecule has 0 fully saturated rings. The number of aromatic nitrogens is 2. The summed E-state index contributed by atoms with van der Waals surface area (Å²) in [5.74, 6) is 0. The van der Waals surface area contributed by atoms with Crippen LogP contribution in [0.15, 0.2) is 21.0 Å². The molecular formula is C10H14N2O2S. The normalized spacial score (nSPS) is 9.80. The van der Waals surface area contributed by atoms with Crippen LogP contribution in [0.1, 0.15) is 20.8 Å². The van der Waals surface area contributed by atoms with Crippen molar-refractivity contribution in [1.29, 1.82) is 0 Å². The van der Waals surface area contributed by atoms with Crippen molar-refractivity contribution in [3.8, 4) is 0 Å². The summed E-state index contributed by atoms with van der Waals surface area (Å²) >= 11 is 1.35. The van der Waals surface area contributed by atoms with Gasteiger partial charge in [0.25, 0.3) is 5.56 Å². The van der Waals surface area contributed by atoms with Gasteiger partial charge in [-0.3, -0.25) is 9.36 Å². The minimum Gasteiger partial charge on any atom is -0.306 e. The maximum absolute atomic E-state index is 11.6. The molecular weight excluding hydrogens is 212 g/mol. The summed E-state index contributed by atoms with van der Waals surface area (Å²) in [7, 11) is 0. The first-order chi connectivity index (χ1) is 7.24. The van der Waals surface area contributed by atoms with E-state index in [9.17, 15) is 9.59 Å². The lowest BCUT2D eigenvalue weighted by atomic mass is 10.4. The highest BCUT2D eigenvalue weighted by atomic mass is 32.1. The molecule has 5 heteroatoms. The number of fused-ring (bicyclic) bond motifs is 1. The van der Waals surface area contributed by atoms with Crippen molar-refractivity contribution in [2.45, 2.75) is 27.3 Å². The first kappa shape index (κ1) is 11.7. The van der Waals surface area contributed by atoms with Crippen LogP contribution in [-0.2, 0) is 6.54 Å². The lowest BCUT2D eigenvalue weighted by Crippen LogP contribution is -2.33. The van der Waals surface area contributed by atoms with Gasteiger partial charge in [0.1, 0.15) is 4.70 Å². The lowest BCUT2D eigenvalue weighted by molar-refractivity contribution is 0.685. The highest BCUT2D eigenvalue weighted by Gasteiger charge is 2.05. The molecule has 0 aliphatic rings. The fraction of sp³-hybridized carbons (Fsp3) is 0.400. The number of H-pyrrole nitrogens is 1. The summed E-state index contributed by atoms with van der Waals surface area (Å²) in [6.07, 6.45) is 0. The molecule has 0 atom stereocenters. The van der Waals surface area contributed by atoms with Crippen LogP contribution >= 0.6 is 11.3 Å². The zero-order valence-corrected chi connectivity index (χ0v) is 9.85. The number of nitrogens with one attached hydrogen (secondary N) is 1. The Morgan fingerprint density at radius 1 is 1.40 bits per heavy atom. The largest absolute Gasteiger partial charge is 0.328 e. The Morgan fingerprint density at radius 2 is 2.07 bits per heavy atom. The first-order valence-corrected chi connectivity index (χ1v) is 5.82. The number of rotatable bonds is 1. The molecule has 0 aromatic carbocycles. The molecule has 0 bridgehead atoms. The van der Waals surface area contributed by atoms with E-state index in [-0.39, 0.29) is 11.2 Å². The second kappa shape index (κ2) is 4.93. The monoisotopic (exact) mass is 226 g/mol. The number of aromatic amines is 1. The van der Waals surface area contributed by atoms with Gasteiger partial charge in [-0.05, 0) is 18.4 Å². The van der Waals surface area contributed by atoms with Gasteiger partial charge in [0.2, 0.25) is 0 Å². The molecule has 2 heterocycles. The molecule has 15 heavy (non-hydrogen) atoms. The average Bonchev–Trinajstić information content (AvgIpc) is 2.69. The zero-order chi connectivity index (χ0) is 11.4. The summed E-state index contributed by atoms with van der Waals surface area (Å²) in [5.41, 5.74) is 0.0966. The van der Waals surface area contributed by atoms with E-state index in [0.717, 1.165) is 0 Å². The predicted molar refractivity (Wildman–Crippen MR) is 63.7 cm³/mol. The minimum absolute atomic E-state index is 0.198. The van der Waals surface area contributed by atoms with Gasteiger partial charge in [-0.25, -0.2) is 4.79 Å². The summed E-state index contributed by atoms with van der Waals surface area (Å²) in [5, 5.41) is 1.79. The molecule has 1 N–H and O–H groups in total. The molecule has 0 saturated carbocycles. The van der Waals surface area contributed by atoms with Crippen LogP contribution in [0.4, 0.5) is 0 Å². The molecule has 0 spiro atoms. The Bertz CT molecular complexity index is 550. The maximum Gasteiger partial charge on any atom is 0.328 e. The summed E-state index contributed by atoms with van der Waals surface area (Å²) in [6.45, 7) is 6.18. The minimum atomic E-state index is -0.335. The predicted octanol–water partition coefficient (Wildman–Crippen LogP) is 1.80. The zero-order valence-electron chi connectivity index (χ0n) is 9.03. The second-order valence-electron chi connectivity index (χ2n) is 2.64. The molecule has 4 nitrogen and oxygen atoms in total. The van der Waals surface area contributed by atoms with Crippen molar-refractivity contribution in [2.75, 3.05) is 0 Å². The molecule has 0 amide bonds. The molecule has 2 rings (SSSR count). The molecule has 0 aliphatic heterocycles. The molecule has 2 aromatic heterocycles. The van der Waals surface area contributed by atoms with Crippen LogP contribution in [0, 0.1) is 0 Å². The van der Waals surface area contributed by atoms with Gasteiger partial charge in [0, 0.05) is 6.54 Å². The van der Waals surface area contributed by atoms with Crippen LogP contribution in [0.2, 0.25) is 0 Å². The third-order valence-electron chi connectivity index (χ3n) is 1.91. The molecule has 0 radical (unpaired) electrons. The first-order valence-electron chi connectivity index (χ1n) is 4.94. The Morgan fingerprint density at radius 3 is 2.67 bits per heavy atom. The van der Waals surface area contributed by atoms with Crippen molar-refractivity contribution in [3.63, 3.8) is 0 Å². The fourth-order valence-corrected chi connectivity index (χ4v) is 2.06. The summed E-state index contributed by atoms with van der Waals surface area (Å²) in [6, 6.07) is 1.74. The number of thiophene rings is 1. The van der Waals surface area contributed by atoms with Crippen molar-refractivity contribution < 1.29 is 0 Å². The Balaban J connectivity index is 0.000000531. The van der Waals surface area contributed by atoms with Crippen molar-refractivity contribution in [3.05, 3.63) is 32.3 Å². The highest BCUT2D eigenvalue weighted by Crippen LogP contribution is 2.11. The van der Waals surface area contributed by atoms with Gasteiger partial charge in [0.15, 0.2) is 0 Å². The van der Waals surface area contributed by atoms with Crippen molar-refractivity contribution in [1.82, 2.24) is 9.55 Å². The van der Waals surface area contributed by atoms with E-state index < -0.39 is 0 Å². The van der Waals surface area contributed by atoms with E-state index in [1.807, 2.05) is 13.8 Å². The highest BCUT2D eigenvalue weighted by molar-refractivity contribution is 7.17. The van der Waals surface area contributed by atoms with Gasteiger partial charge in [0.05, 0.1) is 5.52 Å². The van der Waals surface area contributed by atoms with Crippen LogP contribution in [0.25, 0.3) is 10.2 Å².